The molecule has 0 aromatic carbocycles. The molecular formula is C8H9BrN4OS. The predicted octanol–water partition coefficient (Wildman–Crippen LogP) is 2.86. The summed E-state index contributed by atoms with van der Waals surface area (Å²) in [7, 11) is 0. The van der Waals surface area contributed by atoms with E-state index in [1.807, 2.05) is 13.0 Å². The molecule has 0 saturated carbocycles. The van der Waals surface area contributed by atoms with Crippen molar-refractivity contribution in [2.24, 2.45) is 5.11 Å². The van der Waals surface area contributed by atoms with Crippen LogP contribution in [0.25, 0.3) is 10.4 Å². The van der Waals surface area contributed by atoms with E-state index in [1.165, 1.54) is 11.3 Å². The van der Waals surface area contributed by atoms with Gasteiger partial charge >= 0.3 is 0 Å². The van der Waals surface area contributed by atoms with Crippen molar-refractivity contribution in [3.05, 3.63) is 30.7 Å². The standard InChI is InChI=1S/C8H9BrN4OS/c1-5-4-6(15-7(5)9)8(14)11-2-3-12-13-10/h4H,2-3H2,1H3,(H,11,14). The van der Waals surface area contributed by atoms with Crippen LogP contribution in [0.15, 0.2) is 15.0 Å². The summed E-state index contributed by atoms with van der Waals surface area (Å²) in [5.41, 5.74) is 9.07. The molecule has 0 radical (unpaired) electrons. The Morgan fingerprint density at radius 2 is 2.53 bits per heavy atom. The molecule has 0 aliphatic heterocycles. The average molecular weight is 289 g/mol. The normalized spacial score (nSPS) is 9.47. The molecule has 1 rings (SSSR count). The van der Waals surface area contributed by atoms with E-state index >= 15 is 0 Å². The van der Waals surface area contributed by atoms with Gasteiger partial charge in [0.25, 0.3) is 5.91 Å². The van der Waals surface area contributed by atoms with Crippen molar-refractivity contribution in [1.29, 1.82) is 0 Å². The lowest BCUT2D eigenvalue weighted by Gasteiger charge is -1.98. The van der Waals surface area contributed by atoms with Crippen LogP contribution < -0.4 is 5.32 Å². The fraction of sp³-hybridized carbons (Fsp3) is 0.375. The number of nitrogens with zero attached hydrogens (tertiary/aromatic N) is 3. The molecule has 0 bridgehead atoms. The monoisotopic (exact) mass is 288 g/mol. The Kier molecular flexibility index (Phi) is 4.61. The Bertz CT molecular complexity index is 391. The maximum Gasteiger partial charge on any atom is 0.261 e. The van der Waals surface area contributed by atoms with Gasteiger partial charge < -0.3 is 5.32 Å². The Hall–Kier alpha value is -1.04. The number of rotatable bonds is 4. The molecule has 1 amide bonds. The fourth-order valence-corrected chi connectivity index (χ4v) is 2.37. The van der Waals surface area contributed by atoms with Crippen LogP contribution in [0, 0.1) is 6.92 Å². The summed E-state index contributed by atoms with van der Waals surface area (Å²) in [4.78, 5) is 14.8. The molecule has 15 heavy (non-hydrogen) atoms. The van der Waals surface area contributed by atoms with Crippen LogP contribution in [0.5, 0.6) is 0 Å². The second-order valence-corrected chi connectivity index (χ2v) is 5.15. The molecular weight excluding hydrogens is 280 g/mol. The molecule has 0 aliphatic rings. The van der Waals surface area contributed by atoms with Crippen molar-refractivity contribution in [3.8, 4) is 0 Å². The van der Waals surface area contributed by atoms with Crippen molar-refractivity contribution in [2.45, 2.75) is 6.92 Å². The van der Waals surface area contributed by atoms with E-state index in [4.69, 9.17) is 5.53 Å². The van der Waals surface area contributed by atoms with Crippen LogP contribution in [0.1, 0.15) is 15.2 Å². The number of hydrogen-bond donors (Lipinski definition) is 1. The lowest BCUT2D eigenvalue weighted by atomic mass is 10.3. The first-order chi connectivity index (χ1) is 7.15. The number of carbonyl (C=O) groups is 1. The summed E-state index contributed by atoms with van der Waals surface area (Å²) in [6.45, 7) is 2.56. The molecule has 5 nitrogen and oxygen atoms in total. The van der Waals surface area contributed by atoms with Crippen molar-refractivity contribution < 1.29 is 4.79 Å². The summed E-state index contributed by atoms with van der Waals surface area (Å²) < 4.78 is 0.961. The first-order valence-electron chi connectivity index (χ1n) is 4.20. The van der Waals surface area contributed by atoms with Gasteiger partial charge in [0.2, 0.25) is 0 Å². The van der Waals surface area contributed by atoms with Gasteiger partial charge in [-0.05, 0) is 40.0 Å². The second-order valence-electron chi connectivity index (χ2n) is 2.78. The topological polar surface area (TPSA) is 77.9 Å². The molecule has 7 heteroatoms. The van der Waals surface area contributed by atoms with Gasteiger partial charge in [-0.3, -0.25) is 4.79 Å². The average Bonchev–Trinajstić information content (AvgIpc) is 2.54. The molecule has 1 aromatic heterocycles. The molecule has 0 spiro atoms. The molecule has 0 fully saturated rings. The van der Waals surface area contributed by atoms with Crippen LogP contribution in [0.2, 0.25) is 0 Å². The van der Waals surface area contributed by atoms with Crippen LogP contribution >= 0.6 is 27.3 Å². The lowest BCUT2D eigenvalue weighted by Crippen LogP contribution is -2.24. The summed E-state index contributed by atoms with van der Waals surface area (Å²) in [5.74, 6) is -0.137. The SMILES string of the molecule is Cc1cc(C(=O)NCCN=[N+]=[N-])sc1Br. The Morgan fingerprint density at radius 3 is 3.07 bits per heavy atom. The Labute approximate surface area is 99.2 Å². The van der Waals surface area contributed by atoms with Gasteiger partial charge in [-0.15, -0.1) is 11.3 Å². The van der Waals surface area contributed by atoms with E-state index in [-0.39, 0.29) is 12.5 Å². The first kappa shape index (κ1) is 12.0. The highest BCUT2D eigenvalue weighted by atomic mass is 79.9. The summed E-state index contributed by atoms with van der Waals surface area (Å²) >= 11 is 4.74. The van der Waals surface area contributed by atoms with Crippen molar-refractivity contribution >= 4 is 33.2 Å². The van der Waals surface area contributed by atoms with Crippen LogP contribution in [-0.4, -0.2) is 19.0 Å². The smallest absolute Gasteiger partial charge is 0.261 e. The van der Waals surface area contributed by atoms with E-state index in [0.29, 0.717) is 11.4 Å². The Morgan fingerprint density at radius 1 is 1.80 bits per heavy atom. The molecule has 1 N–H and O–H groups in total. The number of nitrogens with one attached hydrogen (secondary N) is 1. The third-order valence-corrected chi connectivity index (χ3v) is 3.78. The van der Waals surface area contributed by atoms with E-state index in [1.54, 1.807) is 0 Å². The van der Waals surface area contributed by atoms with Gasteiger partial charge in [0, 0.05) is 18.0 Å². The number of thiophene rings is 1. The van der Waals surface area contributed by atoms with Crippen LogP contribution in [0.4, 0.5) is 0 Å². The second kappa shape index (κ2) is 5.75. The number of hydrogen-bond acceptors (Lipinski definition) is 3. The van der Waals surface area contributed by atoms with E-state index < -0.39 is 0 Å². The zero-order chi connectivity index (χ0) is 11.3. The van der Waals surface area contributed by atoms with Gasteiger partial charge in [-0.1, -0.05) is 5.11 Å². The molecule has 0 unspecified atom stereocenters. The van der Waals surface area contributed by atoms with Gasteiger partial charge in [0.15, 0.2) is 0 Å². The zero-order valence-corrected chi connectivity index (χ0v) is 10.4. The van der Waals surface area contributed by atoms with Gasteiger partial charge in [-0.2, -0.15) is 0 Å². The number of amides is 1. The van der Waals surface area contributed by atoms with Crippen molar-refractivity contribution in [2.75, 3.05) is 13.1 Å². The third kappa shape index (κ3) is 3.54. The van der Waals surface area contributed by atoms with Gasteiger partial charge in [-0.25, -0.2) is 0 Å². The molecule has 0 saturated heterocycles. The van der Waals surface area contributed by atoms with Gasteiger partial charge in [0.05, 0.1) is 8.66 Å². The number of carbonyl (C=O) groups excluding carboxylic acids is 1. The number of azide groups is 1. The first-order valence-corrected chi connectivity index (χ1v) is 5.81. The molecule has 80 valence electrons. The lowest BCUT2D eigenvalue weighted by molar-refractivity contribution is 0.0959. The maximum absolute atomic E-state index is 11.5. The summed E-state index contributed by atoms with van der Waals surface area (Å²) in [5, 5.41) is 5.98. The molecule has 1 heterocycles. The van der Waals surface area contributed by atoms with Crippen LogP contribution in [-0.2, 0) is 0 Å². The third-order valence-electron chi connectivity index (χ3n) is 1.64. The minimum atomic E-state index is -0.137. The predicted molar refractivity (Wildman–Crippen MR) is 63.1 cm³/mol. The summed E-state index contributed by atoms with van der Waals surface area (Å²) in [6.07, 6.45) is 0. The highest BCUT2D eigenvalue weighted by Gasteiger charge is 2.09. The van der Waals surface area contributed by atoms with Crippen molar-refractivity contribution in [3.63, 3.8) is 0 Å². The largest absolute Gasteiger partial charge is 0.351 e. The molecule has 0 aliphatic carbocycles. The number of halogens is 1. The summed E-state index contributed by atoms with van der Waals surface area (Å²) in [6, 6.07) is 1.82. The van der Waals surface area contributed by atoms with E-state index in [0.717, 1.165) is 9.35 Å². The number of aryl methyl sites for hydroxylation is 1. The fourth-order valence-electron chi connectivity index (χ4n) is 0.923. The maximum atomic E-state index is 11.5. The molecule has 0 atom stereocenters. The van der Waals surface area contributed by atoms with Crippen LogP contribution in [0.3, 0.4) is 0 Å². The van der Waals surface area contributed by atoms with Gasteiger partial charge in [0.1, 0.15) is 0 Å². The van der Waals surface area contributed by atoms with Crippen molar-refractivity contribution in [1.82, 2.24) is 5.32 Å². The highest BCUT2D eigenvalue weighted by molar-refractivity contribution is 9.11. The quantitative estimate of drug-likeness (QED) is 0.393. The Balaban J connectivity index is 2.50. The minimum absolute atomic E-state index is 0.137. The molecule has 1 aromatic rings. The van der Waals surface area contributed by atoms with E-state index in [9.17, 15) is 4.79 Å². The zero-order valence-electron chi connectivity index (χ0n) is 8.03. The minimum Gasteiger partial charge on any atom is -0.351 e. The van der Waals surface area contributed by atoms with E-state index in [2.05, 4.69) is 31.3 Å². The highest BCUT2D eigenvalue weighted by Crippen LogP contribution is 2.26.